The predicted octanol–water partition coefficient (Wildman–Crippen LogP) is 3.40. The van der Waals surface area contributed by atoms with Crippen molar-refractivity contribution in [3.05, 3.63) is 35.4 Å². The zero-order chi connectivity index (χ0) is 16.7. The van der Waals surface area contributed by atoms with Crippen molar-refractivity contribution >= 4 is 29.9 Å². The first kappa shape index (κ1) is 21.2. The number of hydrogen-bond acceptors (Lipinski definition) is 2. The van der Waals surface area contributed by atoms with E-state index >= 15 is 0 Å². The standard InChI is InChI=1S/C19H32N4.HI/c1-15(2)18(23-10-5-6-11-23)14-22-19(20-4)21-13-17-9-7-8-16(3)12-17;/h7-9,12,15,18H,5-6,10-11,13-14H2,1-4H3,(H2,20,21,22);1H. The number of nitrogens with zero attached hydrogens (tertiary/aromatic N) is 2. The molecule has 1 aromatic carbocycles. The molecule has 1 saturated heterocycles. The van der Waals surface area contributed by atoms with Gasteiger partial charge in [-0.25, -0.2) is 0 Å². The molecule has 24 heavy (non-hydrogen) atoms. The van der Waals surface area contributed by atoms with E-state index in [9.17, 15) is 0 Å². The Morgan fingerprint density at radius 2 is 1.92 bits per heavy atom. The van der Waals surface area contributed by atoms with Crippen molar-refractivity contribution in [2.45, 2.75) is 46.2 Å². The number of rotatable bonds is 6. The Balaban J connectivity index is 0.00000288. The van der Waals surface area contributed by atoms with Crippen molar-refractivity contribution in [3.63, 3.8) is 0 Å². The topological polar surface area (TPSA) is 39.7 Å². The quantitative estimate of drug-likeness (QED) is 0.402. The normalized spacial score (nSPS) is 16.8. The summed E-state index contributed by atoms with van der Waals surface area (Å²) in [5.41, 5.74) is 2.58. The molecule has 1 aromatic rings. The smallest absolute Gasteiger partial charge is 0.191 e. The molecule has 1 aliphatic rings. The highest BCUT2D eigenvalue weighted by molar-refractivity contribution is 14.0. The van der Waals surface area contributed by atoms with E-state index in [0.717, 1.165) is 19.0 Å². The second-order valence-electron chi connectivity index (χ2n) is 6.85. The number of guanidine groups is 1. The number of halogens is 1. The van der Waals surface area contributed by atoms with Crippen LogP contribution >= 0.6 is 24.0 Å². The molecule has 0 amide bonds. The number of aryl methyl sites for hydroxylation is 1. The van der Waals surface area contributed by atoms with Crippen LogP contribution in [0.5, 0.6) is 0 Å². The minimum absolute atomic E-state index is 0. The first-order chi connectivity index (χ1) is 11.1. The highest BCUT2D eigenvalue weighted by Crippen LogP contribution is 2.17. The number of hydrogen-bond donors (Lipinski definition) is 2. The second kappa shape index (κ2) is 10.9. The Bertz CT molecular complexity index is 510. The molecule has 1 heterocycles. The lowest BCUT2D eigenvalue weighted by Gasteiger charge is -2.31. The maximum atomic E-state index is 4.36. The minimum atomic E-state index is 0. The Labute approximate surface area is 164 Å². The van der Waals surface area contributed by atoms with Gasteiger partial charge in [-0.3, -0.25) is 9.89 Å². The number of benzene rings is 1. The number of likely N-dealkylation sites (tertiary alicyclic amines) is 1. The minimum Gasteiger partial charge on any atom is -0.355 e. The summed E-state index contributed by atoms with van der Waals surface area (Å²) < 4.78 is 0. The fourth-order valence-corrected chi connectivity index (χ4v) is 3.29. The Hall–Kier alpha value is -0.820. The van der Waals surface area contributed by atoms with Crippen molar-refractivity contribution in [2.75, 3.05) is 26.7 Å². The van der Waals surface area contributed by atoms with Crippen LogP contribution in [0.15, 0.2) is 29.3 Å². The van der Waals surface area contributed by atoms with Crippen molar-refractivity contribution in [2.24, 2.45) is 10.9 Å². The van der Waals surface area contributed by atoms with Crippen LogP contribution in [0.25, 0.3) is 0 Å². The van der Waals surface area contributed by atoms with E-state index in [4.69, 9.17) is 0 Å². The van der Waals surface area contributed by atoms with Gasteiger partial charge in [-0.15, -0.1) is 24.0 Å². The summed E-state index contributed by atoms with van der Waals surface area (Å²) in [6, 6.07) is 9.16. The van der Waals surface area contributed by atoms with Crippen LogP contribution in [-0.4, -0.2) is 43.6 Å². The van der Waals surface area contributed by atoms with Gasteiger partial charge in [0.1, 0.15) is 0 Å². The van der Waals surface area contributed by atoms with E-state index < -0.39 is 0 Å². The monoisotopic (exact) mass is 444 g/mol. The Morgan fingerprint density at radius 1 is 1.21 bits per heavy atom. The summed E-state index contributed by atoms with van der Waals surface area (Å²) in [6.07, 6.45) is 2.67. The maximum absolute atomic E-state index is 4.36. The van der Waals surface area contributed by atoms with Crippen LogP contribution in [0.4, 0.5) is 0 Å². The third kappa shape index (κ3) is 6.59. The Morgan fingerprint density at radius 3 is 2.50 bits per heavy atom. The molecular formula is C19H33IN4. The van der Waals surface area contributed by atoms with Crippen LogP contribution in [-0.2, 0) is 6.54 Å². The maximum Gasteiger partial charge on any atom is 0.191 e. The third-order valence-electron chi connectivity index (χ3n) is 4.62. The number of nitrogens with one attached hydrogen (secondary N) is 2. The molecule has 4 nitrogen and oxygen atoms in total. The molecule has 5 heteroatoms. The van der Waals surface area contributed by atoms with Crippen LogP contribution in [0.3, 0.4) is 0 Å². The van der Waals surface area contributed by atoms with E-state index in [1.165, 1.54) is 37.1 Å². The summed E-state index contributed by atoms with van der Waals surface area (Å²) in [4.78, 5) is 6.98. The molecule has 2 rings (SSSR count). The second-order valence-corrected chi connectivity index (χ2v) is 6.85. The lowest BCUT2D eigenvalue weighted by atomic mass is 10.0. The van der Waals surface area contributed by atoms with Crippen molar-refractivity contribution in [1.82, 2.24) is 15.5 Å². The van der Waals surface area contributed by atoms with E-state index in [1.807, 2.05) is 7.05 Å². The van der Waals surface area contributed by atoms with Gasteiger partial charge in [-0.2, -0.15) is 0 Å². The third-order valence-corrected chi connectivity index (χ3v) is 4.62. The molecule has 2 N–H and O–H groups in total. The fraction of sp³-hybridized carbons (Fsp3) is 0.632. The van der Waals surface area contributed by atoms with Gasteiger partial charge in [-0.1, -0.05) is 43.7 Å². The van der Waals surface area contributed by atoms with Crippen molar-refractivity contribution < 1.29 is 0 Å². The first-order valence-electron chi connectivity index (χ1n) is 8.84. The highest BCUT2D eigenvalue weighted by atomic mass is 127. The summed E-state index contributed by atoms with van der Waals surface area (Å²) in [5.74, 6) is 1.53. The average Bonchev–Trinajstić information content (AvgIpc) is 3.04. The van der Waals surface area contributed by atoms with Crippen LogP contribution < -0.4 is 10.6 Å². The molecule has 1 fully saturated rings. The molecule has 1 atom stereocenters. The molecule has 0 saturated carbocycles. The van der Waals surface area contributed by atoms with Gasteiger partial charge in [0, 0.05) is 26.2 Å². The fourth-order valence-electron chi connectivity index (χ4n) is 3.29. The molecule has 0 aliphatic carbocycles. The van der Waals surface area contributed by atoms with Crippen LogP contribution in [0.1, 0.15) is 37.8 Å². The largest absolute Gasteiger partial charge is 0.355 e. The summed E-state index contributed by atoms with van der Waals surface area (Å²) in [7, 11) is 1.84. The number of aliphatic imine (C=N–C) groups is 1. The molecule has 1 aliphatic heterocycles. The van der Waals surface area contributed by atoms with Crippen molar-refractivity contribution in [3.8, 4) is 0 Å². The molecule has 0 aromatic heterocycles. The van der Waals surface area contributed by atoms with Crippen LogP contribution in [0, 0.1) is 12.8 Å². The Kier molecular flexibility index (Phi) is 9.66. The lowest BCUT2D eigenvalue weighted by Crippen LogP contribution is -2.48. The van der Waals surface area contributed by atoms with Crippen LogP contribution in [0.2, 0.25) is 0 Å². The van der Waals surface area contributed by atoms with Gasteiger partial charge >= 0.3 is 0 Å². The first-order valence-corrected chi connectivity index (χ1v) is 8.84. The van der Waals surface area contributed by atoms with E-state index in [-0.39, 0.29) is 24.0 Å². The van der Waals surface area contributed by atoms with Gasteiger partial charge in [0.05, 0.1) is 0 Å². The van der Waals surface area contributed by atoms with E-state index in [2.05, 4.69) is 65.6 Å². The van der Waals surface area contributed by atoms with Gasteiger partial charge in [0.25, 0.3) is 0 Å². The van der Waals surface area contributed by atoms with Gasteiger partial charge < -0.3 is 10.6 Å². The zero-order valence-electron chi connectivity index (χ0n) is 15.5. The predicted molar refractivity (Wildman–Crippen MR) is 114 cm³/mol. The average molecular weight is 444 g/mol. The molecule has 0 bridgehead atoms. The molecule has 0 spiro atoms. The summed E-state index contributed by atoms with van der Waals surface area (Å²) in [6.45, 7) is 11.0. The lowest BCUT2D eigenvalue weighted by molar-refractivity contribution is 0.192. The van der Waals surface area contributed by atoms with Crippen molar-refractivity contribution in [1.29, 1.82) is 0 Å². The van der Waals surface area contributed by atoms with E-state index in [0.29, 0.717) is 12.0 Å². The summed E-state index contributed by atoms with van der Waals surface area (Å²) in [5, 5.41) is 6.93. The molecule has 136 valence electrons. The van der Waals surface area contributed by atoms with E-state index in [1.54, 1.807) is 0 Å². The van der Waals surface area contributed by atoms with Gasteiger partial charge in [-0.05, 0) is 44.3 Å². The van der Waals surface area contributed by atoms with Gasteiger partial charge in [0.2, 0.25) is 0 Å². The molecular weight excluding hydrogens is 411 g/mol. The SMILES string of the molecule is CN=C(NCc1cccc(C)c1)NCC(C(C)C)N1CCCC1.I. The zero-order valence-corrected chi connectivity index (χ0v) is 17.8. The van der Waals surface area contributed by atoms with Gasteiger partial charge in [0.15, 0.2) is 5.96 Å². The molecule has 0 radical (unpaired) electrons. The molecule has 1 unspecified atom stereocenters. The highest BCUT2D eigenvalue weighted by Gasteiger charge is 2.24. The summed E-state index contributed by atoms with van der Waals surface area (Å²) >= 11 is 0.